The zero-order valence-electron chi connectivity index (χ0n) is 10.8. The summed E-state index contributed by atoms with van der Waals surface area (Å²) in [5.41, 5.74) is 10.2. The average Bonchev–Trinajstić information content (AvgIpc) is 2.83. The maximum atomic E-state index is 12.5. The van der Waals surface area contributed by atoms with E-state index in [0.29, 0.717) is 12.1 Å². The molecule has 3 rings (SSSR count). The molecule has 0 fully saturated rings. The summed E-state index contributed by atoms with van der Waals surface area (Å²) in [5, 5.41) is 0. The van der Waals surface area contributed by atoms with Gasteiger partial charge in [0.15, 0.2) is 0 Å². The number of benzene rings is 1. The van der Waals surface area contributed by atoms with Crippen molar-refractivity contribution in [3.8, 4) is 0 Å². The Morgan fingerprint density at radius 1 is 1.37 bits per heavy atom. The lowest BCUT2D eigenvalue weighted by Crippen LogP contribution is -2.28. The molecule has 0 spiro atoms. The number of fused-ring (bicyclic) bond motifs is 1. The van der Waals surface area contributed by atoms with Crippen LogP contribution in [0.2, 0.25) is 0 Å². The van der Waals surface area contributed by atoms with Crippen LogP contribution < -0.4 is 10.6 Å². The van der Waals surface area contributed by atoms with E-state index in [2.05, 4.69) is 4.98 Å². The van der Waals surface area contributed by atoms with Gasteiger partial charge in [0.2, 0.25) is 0 Å². The quantitative estimate of drug-likeness (QED) is 0.792. The van der Waals surface area contributed by atoms with E-state index in [1.807, 2.05) is 31.2 Å². The van der Waals surface area contributed by atoms with Crippen molar-refractivity contribution in [1.82, 2.24) is 4.98 Å². The Morgan fingerprint density at radius 2 is 2.21 bits per heavy atom. The molecule has 2 N–H and O–H groups in total. The number of anilines is 2. The zero-order chi connectivity index (χ0) is 13.4. The van der Waals surface area contributed by atoms with Crippen LogP contribution in [0.1, 0.15) is 21.6 Å². The summed E-state index contributed by atoms with van der Waals surface area (Å²) in [6.45, 7) is 2.57. The highest BCUT2D eigenvalue weighted by Crippen LogP contribution is 2.32. The fourth-order valence-electron chi connectivity index (χ4n) is 2.51. The van der Waals surface area contributed by atoms with Crippen molar-refractivity contribution >= 4 is 17.3 Å². The van der Waals surface area contributed by atoms with Gasteiger partial charge in [0.1, 0.15) is 0 Å². The first kappa shape index (κ1) is 11.7. The zero-order valence-corrected chi connectivity index (χ0v) is 10.8. The number of pyridine rings is 1. The van der Waals surface area contributed by atoms with Crippen molar-refractivity contribution in [1.29, 1.82) is 0 Å². The molecule has 1 amide bonds. The van der Waals surface area contributed by atoms with E-state index in [1.54, 1.807) is 17.2 Å². The fourth-order valence-corrected chi connectivity index (χ4v) is 2.51. The minimum Gasteiger partial charge on any atom is -0.398 e. The van der Waals surface area contributed by atoms with E-state index in [1.165, 1.54) is 0 Å². The summed E-state index contributed by atoms with van der Waals surface area (Å²) < 4.78 is 0. The van der Waals surface area contributed by atoms with E-state index >= 15 is 0 Å². The van der Waals surface area contributed by atoms with Crippen LogP contribution in [0.15, 0.2) is 36.5 Å². The van der Waals surface area contributed by atoms with Crippen molar-refractivity contribution in [3.05, 3.63) is 53.3 Å². The van der Waals surface area contributed by atoms with Gasteiger partial charge in [0.05, 0.1) is 0 Å². The molecule has 0 radical (unpaired) electrons. The number of hydrogen-bond donors (Lipinski definition) is 1. The Kier molecular flexibility index (Phi) is 2.71. The molecule has 0 aliphatic carbocycles. The lowest BCUT2D eigenvalue weighted by Gasteiger charge is -2.17. The molecule has 4 nitrogen and oxygen atoms in total. The smallest absolute Gasteiger partial charge is 0.258 e. The molecule has 0 bridgehead atoms. The van der Waals surface area contributed by atoms with Gasteiger partial charge in [-0.2, -0.15) is 0 Å². The predicted molar refractivity (Wildman–Crippen MR) is 75.2 cm³/mol. The molecule has 0 saturated carbocycles. The Bertz CT molecular complexity index is 652. The highest BCUT2D eigenvalue weighted by Gasteiger charge is 2.26. The number of carbonyl (C=O) groups is 1. The predicted octanol–water partition coefficient (Wildman–Crippen LogP) is 2.18. The second-order valence-corrected chi connectivity index (χ2v) is 4.74. The number of hydrogen-bond acceptors (Lipinski definition) is 3. The van der Waals surface area contributed by atoms with Gasteiger partial charge in [-0.1, -0.05) is 6.07 Å². The van der Waals surface area contributed by atoms with Crippen LogP contribution in [0.4, 0.5) is 11.4 Å². The molecule has 1 aromatic heterocycles. The first-order chi connectivity index (χ1) is 9.16. The summed E-state index contributed by atoms with van der Waals surface area (Å²) in [4.78, 5) is 18.4. The third-order valence-corrected chi connectivity index (χ3v) is 3.45. The van der Waals surface area contributed by atoms with Crippen LogP contribution in [0, 0.1) is 6.92 Å². The molecule has 4 heteroatoms. The van der Waals surface area contributed by atoms with E-state index < -0.39 is 0 Å². The van der Waals surface area contributed by atoms with E-state index in [4.69, 9.17) is 5.73 Å². The number of nitrogens with zero attached hydrogens (tertiary/aromatic N) is 2. The number of nitrogens with two attached hydrogens (primary N) is 1. The third kappa shape index (κ3) is 1.95. The number of carbonyl (C=O) groups excluding carboxylic acids is 1. The minimum atomic E-state index is 0.00912. The SMILES string of the molecule is Cc1cc(C(=O)N2CCc3c(N)cccc32)ccn1. The molecule has 0 saturated heterocycles. The Labute approximate surface area is 111 Å². The van der Waals surface area contributed by atoms with Crippen LogP contribution in [-0.4, -0.2) is 17.4 Å². The van der Waals surface area contributed by atoms with Gasteiger partial charge in [-0.05, 0) is 37.6 Å². The molecular formula is C15H15N3O. The molecular weight excluding hydrogens is 238 g/mol. The van der Waals surface area contributed by atoms with Gasteiger partial charge in [-0.25, -0.2) is 0 Å². The summed E-state index contributed by atoms with van der Waals surface area (Å²) in [6, 6.07) is 9.28. The maximum Gasteiger partial charge on any atom is 0.258 e. The number of rotatable bonds is 1. The normalized spacial score (nSPS) is 13.4. The second-order valence-electron chi connectivity index (χ2n) is 4.74. The van der Waals surface area contributed by atoms with Gasteiger partial charge in [0, 0.05) is 40.9 Å². The number of aromatic nitrogens is 1. The fraction of sp³-hybridized carbons (Fsp3) is 0.200. The van der Waals surface area contributed by atoms with Crippen LogP contribution in [0.3, 0.4) is 0 Å². The highest BCUT2D eigenvalue weighted by molar-refractivity contribution is 6.07. The summed E-state index contributed by atoms with van der Waals surface area (Å²) in [6.07, 6.45) is 2.48. The van der Waals surface area contributed by atoms with E-state index in [0.717, 1.165) is 29.1 Å². The first-order valence-electron chi connectivity index (χ1n) is 6.28. The molecule has 0 atom stereocenters. The van der Waals surface area contributed by atoms with E-state index in [9.17, 15) is 4.79 Å². The minimum absolute atomic E-state index is 0.00912. The lowest BCUT2D eigenvalue weighted by molar-refractivity contribution is 0.0989. The number of amides is 1. The number of aryl methyl sites for hydroxylation is 1. The largest absolute Gasteiger partial charge is 0.398 e. The van der Waals surface area contributed by atoms with Gasteiger partial charge in [-0.15, -0.1) is 0 Å². The van der Waals surface area contributed by atoms with Gasteiger partial charge in [0.25, 0.3) is 5.91 Å². The van der Waals surface area contributed by atoms with Gasteiger partial charge < -0.3 is 10.6 Å². The molecule has 19 heavy (non-hydrogen) atoms. The molecule has 1 aliphatic heterocycles. The number of nitrogen functional groups attached to an aromatic ring is 1. The molecule has 2 heterocycles. The molecule has 0 unspecified atom stereocenters. The van der Waals surface area contributed by atoms with Crippen molar-refractivity contribution < 1.29 is 4.79 Å². The van der Waals surface area contributed by atoms with E-state index in [-0.39, 0.29) is 5.91 Å². The van der Waals surface area contributed by atoms with Crippen molar-refractivity contribution in [2.45, 2.75) is 13.3 Å². The van der Waals surface area contributed by atoms with Crippen LogP contribution in [0.5, 0.6) is 0 Å². The third-order valence-electron chi connectivity index (χ3n) is 3.45. The molecule has 1 aromatic carbocycles. The summed E-state index contributed by atoms with van der Waals surface area (Å²) in [5.74, 6) is 0.00912. The first-order valence-corrected chi connectivity index (χ1v) is 6.28. The summed E-state index contributed by atoms with van der Waals surface area (Å²) >= 11 is 0. The Hall–Kier alpha value is -2.36. The second kappa shape index (κ2) is 4.39. The molecule has 1 aliphatic rings. The highest BCUT2D eigenvalue weighted by atomic mass is 16.2. The van der Waals surface area contributed by atoms with Crippen molar-refractivity contribution in [2.75, 3.05) is 17.2 Å². The van der Waals surface area contributed by atoms with Crippen LogP contribution in [0.25, 0.3) is 0 Å². The van der Waals surface area contributed by atoms with Crippen molar-refractivity contribution in [2.24, 2.45) is 0 Å². The maximum absolute atomic E-state index is 12.5. The van der Waals surface area contributed by atoms with Gasteiger partial charge in [-0.3, -0.25) is 9.78 Å². The average molecular weight is 253 g/mol. The van der Waals surface area contributed by atoms with Crippen molar-refractivity contribution in [3.63, 3.8) is 0 Å². The topological polar surface area (TPSA) is 59.2 Å². The molecule has 2 aromatic rings. The monoisotopic (exact) mass is 253 g/mol. The Balaban J connectivity index is 1.98. The standard InChI is InChI=1S/C15H15N3O/c1-10-9-11(5-7-17-10)15(19)18-8-6-12-13(16)3-2-4-14(12)18/h2-5,7,9H,6,8,16H2,1H3. The summed E-state index contributed by atoms with van der Waals surface area (Å²) in [7, 11) is 0. The Morgan fingerprint density at radius 3 is 3.00 bits per heavy atom. The molecule has 96 valence electrons. The van der Waals surface area contributed by atoms with Crippen LogP contribution >= 0.6 is 0 Å². The lowest BCUT2D eigenvalue weighted by atomic mass is 10.1. The van der Waals surface area contributed by atoms with Gasteiger partial charge >= 0.3 is 0 Å². The van der Waals surface area contributed by atoms with Crippen LogP contribution in [-0.2, 0) is 6.42 Å².